The van der Waals surface area contributed by atoms with Crippen LogP contribution in [0.2, 0.25) is 0 Å². The number of rotatable bonds is 3. The van der Waals surface area contributed by atoms with Crippen LogP contribution in [-0.4, -0.2) is 25.8 Å². The van der Waals surface area contributed by atoms with Gasteiger partial charge in [-0.15, -0.1) is 11.3 Å². The monoisotopic (exact) mass is 288 g/mol. The molecule has 0 amide bonds. The predicted molar refractivity (Wildman–Crippen MR) is 74.0 cm³/mol. The lowest BCUT2D eigenvalue weighted by Gasteiger charge is -2.36. The predicted octanol–water partition coefficient (Wildman–Crippen LogP) is 2.02. The number of hydrogen-bond donors (Lipinski definition) is 1. The molecule has 102 valence electrons. The fourth-order valence-corrected chi connectivity index (χ4v) is 5.36. The highest BCUT2D eigenvalue weighted by Crippen LogP contribution is 2.33. The van der Waals surface area contributed by atoms with Crippen molar-refractivity contribution >= 4 is 21.4 Å². The second-order valence-corrected chi connectivity index (χ2v) is 8.86. The van der Waals surface area contributed by atoms with E-state index in [2.05, 4.69) is 13.8 Å². The molecule has 4 nitrogen and oxygen atoms in total. The van der Waals surface area contributed by atoms with Gasteiger partial charge in [0, 0.05) is 24.5 Å². The molecule has 2 heterocycles. The molecule has 0 bridgehead atoms. The van der Waals surface area contributed by atoms with Crippen LogP contribution in [-0.2, 0) is 16.6 Å². The van der Waals surface area contributed by atoms with Crippen LogP contribution < -0.4 is 5.73 Å². The Bertz CT molecular complexity index is 520. The van der Waals surface area contributed by atoms with Crippen LogP contribution in [0, 0.1) is 5.41 Å². The van der Waals surface area contributed by atoms with Crippen LogP contribution in [0.4, 0.5) is 0 Å². The molecule has 0 atom stereocenters. The molecule has 2 N–H and O–H groups in total. The molecule has 0 spiro atoms. The Morgan fingerprint density at radius 3 is 2.72 bits per heavy atom. The minimum atomic E-state index is -3.33. The minimum Gasteiger partial charge on any atom is -0.326 e. The normalized spacial score (nSPS) is 21.1. The Labute approximate surface area is 113 Å². The first-order valence-electron chi connectivity index (χ1n) is 6.14. The van der Waals surface area contributed by atoms with E-state index >= 15 is 0 Å². The number of thiophene rings is 1. The van der Waals surface area contributed by atoms with Crippen molar-refractivity contribution < 1.29 is 8.42 Å². The summed E-state index contributed by atoms with van der Waals surface area (Å²) in [5.41, 5.74) is 5.60. The zero-order chi connectivity index (χ0) is 13.4. The zero-order valence-electron chi connectivity index (χ0n) is 10.8. The summed E-state index contributed by atoms with van der Waals surface area (Å²) in [7, 11) is -3.33. The first-order valence-corrected chi connectivity index (χ1v) is 8.40. The van der Waals surface area contributed by atoms with E-state index in [1.807, 2.05) is 0 Å². The first-order chi connectivity index (χ1) is 8.35. The first kappa shape index (κ1) is 14.0. The Hall–Kier alpha value is -0.430. The molecule has 0 saturated carbocycles. The average molecular weight is 288 g/mol. The van der Waals surface area contributed by atoms with E-state index in [4.69, 9.17) is 5.73 Å². The third kappa shape index (κ3) is 2.77. The van der Waals surface area contributed by atoms with E-state index in [-0.39, 0.29) is 5.41 Å². The maximum absolute atomic E-state index is 12.5. The van der Waals surface area contributed by atoms with Crippen molar-refractivity contribution in [3.63, 3.8) is 0 Å². The molecule has 1 fully saturated rings. The molecule has 0 aromatic carbocycles. The van der Waals surface area contributed by atoms with Crippen LogP contribution in [0.15, 0.2) is 16.3 Å². The Balaban J connectivity index is 2.25. The maximum Gasteiger partial charge on any atom is 0.252 e. The zero-order valence-corrected chi connectivity index (χ0v) is 12.5. The van der Waals surface area contributed by atoms with Gasteiger partial charge >= 0.3 is 0 Å². The number of nitrogens with two attached hydrogens (primary N) is 1. The molecule has 1 aliphatic rings. The Kier molecular flexibility index (Phi) is 3.82. The molecular weight excluding hydrogens is 268 g/mol. The van der Waals surface area contributed by atoms with Crippen LogP contribution in [0.25, 0.3) is 0 Å². The Morgan fingerprint density at radius 2 is 2.17 bits per heavy atom. The lowest BCUT2D eigenvalue weighted by atomic mass is 9.85. The van der Waals surface area contributed by atoms with Gasteiger partial charge in [-0.25, -0.2) is 8.42 Å². The minimum absolute atomic E-state index is 0.0687. The Morgan fingerprint density at radius 1 is 1.44 bits per heavy atom. The highest BCUT2D eigenvalue weighted by Gasteiger charge is 2.34. The van der Waals surface area contributed by atoms with E-state index < -0.39 is 10.0 Å². The number of sulfonamides is 1. The van der Waals surface area contributed by atoms with Gasteiger partial charge in [-0.3, -0.25) is 0 Å². The smallest absolute Gasteiger partial charge is 0.252 e. The summed E-state index contributed by atoms with van der Waals surface area (Å²) in [4.78, 5) is 0.907. The fourth-order valence-electron chi connectivity index (χ4n) is 2.31. The van der Waals surface area contributed by atoms with Crippen molar-refractivity contribution in [2.75, 3.05) is 13.1 Å². The standard InChI is InChI=1S/C12H20N2O2S2/c1-12(2)6-3-7-14(9-12)18(15,16)11-5-4-10(8-13)17-11/h4-5H,3,6-9,13H2,1-2H3. The van der Waals surface area contributed by atoms with E-state index in [1.165, 1.54) is 11.3 Å². The molecule has 0 unspecified atom stereocenters. The van der Waals surface area contributed by atoms with E-state index in [1.54, 1.807) is 16.4 Å². The van der Waals surface area contributed by atoms with Gasteiger partial charge in [-0.05, 0) is 30.4 Å². The molecule has 1 saturated heterocycles. The van der Waals surface area contributed by atoms with Crippen molar-refractivity contribution in [1.29, 1.82) is 0 Å². The van der Waals surface area contributed by atoms with Crippen molar-refractivity contribution in [3.8, 4) is 0 Å². The molecule has 1 aliphatic heterocycles. The molecule has 0 radical (unpaired) electrons. The summed E-state index contributed by atoms with van der Waals surface area (Å²) < 4.78 is 27.0. The summed E-state index contributed by atoms with van der Waals surface area (Å²) in [6.07, 6.45) is 2.01. The van der Waals surface area contributed by atoms with E-state index in [0.29, 0.717) is 23.8 Å². The summed E-state index contributed by atoms with van der Waals surface area (Å²) in [5.74, 6) is 0. The van der Waals surface area contributed by atoms with Gasteiger partial charge in [0.05, 0.1) is 0 Å². The molecule has 1 aromatic heterocycles. The summed E-state index contributed by atoms with van der Waals surface area (Å²) in [5, 5.41) is 0. The number of nitrogens with zero attached hydrogens (tertiary/aromatic N) is 1. The number of hydrogen-bond acceptors (Lipinski definition) is 4. The largest absolute Gasteiger partial charge is 0.326 e. The molecule has 1 aromatic rings. The van der Waals surface area contributed by atoms with Gasteiger partial charge in [0.2, 0.25) is 0 Å². The third-order valence-corrected chi connectivity index (χ3v) is 6.72. The van der Waals surface area contributed by atoms with Gasteiger partial charge in [0.25, 0.3) is 10.0 Å². The molecular formula is C12H20N2O2S2. The third-order valence-electron chi connectivity index (χ3n) is 3.30. The van der Waals surface area contributed by atoms with Gasteiger partial charge in [-0.1, -0.05) is 13.8 Å². The van der Waals surface area contributed by atoms with Crippen LogP contribution >= 0.6 is 11.3 Å². The van der Waals surface area contributed by atoms with Gasteiger partial charge in [-0.2, -0.15) is 4.31 Å². The van der Waals surface area contributed by atoms with Crippen LogP contribution in [0.5, 0.6) is 0 Å². The summed E-state index contributed by atoms with van der Waals surface area (Å²) in [6.45, 7) is 5.86. The SMILES string of the molecule is CC1(C)CCCN(S(=O)(=O)c2ccc(CN)s2)C1. The van der Waals surface area contributed by atoms with Crippen LogP contribution in [0.1, 0.15) is 31.6 Å². The molecule has 0 aliphatic carbocycles. The molecule has 18 heavy (non-hydrogen) atoms. The highest BCUT2D eigenvalue weighted by molar-refractivity contribution is 7.91. The highest BCUT2D eigenvalue weighted by atomic mass is 32.2. The van der Waals surface area contributed by atoms with Crippen molar-refractivity contribution in [2.24, 2.45) is 11.1 Å². The maximum atomic E-state index is 12.5. The van der Waals surface area contributed by atoms with Crippen molar-refractivity contribution in [3.05, 3.63) is 17.0 Å². The fraction of sp³-hybridized carbons (Fsp3) is 0.667. The van der Waals surface area contributed by atoms with Gasteiger partial charge in [0.1, 0.15) is 4.21 Å². The topological polar surface area (TPSA) is 63.4 Å². The molecule has 2 rings (SSSR count). The van der Waals surface area contributed by atoms with Gasteiger partial charge < -0.3 is 5.73 Å². The quantitative estimate of drug-likeness (QED) is 0.925. The van der Waals surface area contributed by atoms with Crippen LogP contribution in [0.3, 0.4) is 0 Å². The lowest BCUT2D eigenvalue weighted by molar-refractivity contribution is 0.187. The lowest BCUT2D eigenvalue weighted by Crippen LogP contribution is -2.43. The second-order valence-electron chi connectivity index (χ2n) is 5.53. The summed E-state index contributed by atoms with van der Waals surface area (Å²) in [6, 6.07) is 3.47. The van der Waals surface area contributed by atoms with Gasteiger partial charge in [0.15, 0.2) is 0 Å². The second kappa shape index (κ2) is 4.92. The van der Waals surface area contributed by atoms with E-state index in [0.717, 1.165) is 17.7 Å². The van der Waals surface area contributed by atoms with E-state index in [9.17, 15) is 8.42 Å². The average Bonchev–Trinajstić information content (AvgIpc) is 2.76. The summed E-state index contributed by atoms with van der Waals surface area (Å²) >= 11 is 1.28. The molecule has 6 heteroatoms. The number of piperidine rings is 1. The van der Waals surface area contributed by atoms with Crippen molar-refractivity contribution in [1.82, 2.24) is 4.31 Å². The van der Waals surface area contributed by atoms with Crippen molar-refractivity contribution in [2.45, 2.75) is 37.4 Å².